The Balaban J connectivity index is 1.45. The Kier molecular flexibility index (Phi) is 5.47. The van der Waals surface area contributed by atoms with Crippen molar-refractivity contribution in [3.63, 3.8) is 0 Å². The summed E-state index contributed by atoms with van der Waals surface area (Å²) in [6, 6.07) is 25.8. The van der Waals surface area contributed by atoms with Crippen molar-refractivity contribution in [2.45, 2.75) is 6.04 Å². The van der Waals surface area contributed by atoms with E-state index in [0.717, 1.165) is 20.1 Å². The van der Waals surface area contributed by atoms with Gasteiger partial charge in [-0.3, -0.25) is 19.4 Å². The first-order valence-electron chi connectivity index (χ1n) is 11.2. The molecule has 0 unspecified atom stereocenters. The lowest BCUT2D eigenvalue weighted by atomic mass is 9.91. The maximum atomic E-state index is 13.7. The summed E-state index contributed by atoms with van der Waals surface area (Å²) in [5, 5.41) is 8.44. The minimum absolute atomic E-state index is 0.0446. The van der Waals surface area contributed by atoms with E-state index in [0.29, 0.717) is 22.0 Å². The molecule has 1 saturated heterocycles. The number of ketones is 1. The predicted octanol–water partition coefficient (Wildman–Crippen LogP) is 5.87. The van der Waals surface area contributed by atoms with Crippen molar-refractivity contribution in [1.82, 2.24) is 0 Å². The van der Waals surface area contributed by atoms with Crippen molar-refractivity contribution in [2.24, 2.45) is 11.0 Å². The van der Waals surface area contributed by atoms with Crippen LogP contribution in [0.5, 0.6) is 0 Å². The molecule has 0 radical (unpaired) electrons. The van der Waals surface area contributed by atoms with E-state index < -0.39 is 23.8 Å². The van der Waals surface area contributed by atoms with Gasteiger partial charge in [0, 0.05) is 15.1 Å². The molecule has 2 heterocycles. The quantitative estimate of drug-likeness (QED) is 0.232. The number of rotatable bonds is 4. The molecule has 0 saturated carbocycles. The van der Waals surface area contributed by atoms with Crippen LogP contribution in [0.4, 0.5) is 11.4 Å². The molecule has 6 rings (SSSR count). The van der Waals surface area contributed by atoms with Gasteiger partial charge < -0.3 is 0 Å². The number of benzene rings is 4. The van der Waals surface area contributed by atoms with Crippen LogP contribution >= 0.6 is 27.5 Å². The number of carbonyl (C=O) groups is 3. The van der Waals surface area contributed by atoms with E-state index in [-0.39, 0.29) is 11.5 Å². The number of hydrogen-bond acceptors (Lipinski definition) is 5. The van der Waals surface area contributed by atoms with Crippen LogP contribution < -0.4 is 9.91 Å². The molecule has 2 atom stereocenters. The summed E-state index contributed by atoms with van der Waals surface area (Å²) in [6.07, 6.45) is 0. The van der Waals surface area contributed by atoms with Crippen molar-refractivity contribution < 1.29 is 14.4 Å². The summed E-state index contributed by atoms with van der Waals surface area (Å²) in [6.45, 7) is 0. The van der Waals surface area contributed by atoms with Crippen molar-refractivity contribution in [2.75, 3.05) is 9.91 Å². The second kappa shape index (κ2) is 8.69. The van der Waals surface area contributed by atoms with Gasteiger partial charge in [0.1, 0.15) is 17.7 Å². The predicted molar refractivity (Wildman–Crippen MR) is 144 cm³/mol. The van der Waals surface area contributed by atoms with Crippen molar-refractivity contribution in [3.8, 4) is 0 Å². The van der Waals surface area contributed by atoms with E-state index in [1.165, 1.54) is 5.01 Å². The number of imide groups is 1. The first kappa shape index (κ1) is 22.6. The Hall–Kier alpha value is -3.81. The lowest BCUT2D eigenvalue weighted by molar-refractivity contribution is -0.121. The molecule has 36 heavy (non-hydrogen) atoms. The number of hydrazone groups is 1. The van der Waals surface area contributed by atoms with Gasteiger partial charge in [-0.2, -0.15) is 5.10 Å². The zero-order valence-electron chi connectivity index (χ0n) is 18.6. The number of halogens is 2. The number of carbonyl (C=O) groups excluding carboxylic acids is 3. The Bertz CT molecular complexity index is 1580. The van der Waals surface area contributed by atoms with Gasteiger partial charge in [-0.05, 0) is 65.4 Å². The Morgan fingerprint density at radius 1 is 0.806 bits per heavy atom. The first-order valence-corrected chi connectivity index (χ1v) is 12.4. The summed E-state index contributed by atoms with van der Waals surface area (Å²) < 4.78 is 0.821. The van der Waals surface area contributed by atoms with Gasteiger partial charge in [0.25, 0.3) is 5.91 Å². The molecule has 0 aliphatic carbocycles. The van der Waals surface area contributed by atoms with E-state index in [4.69, 9.17) is 11.6 Å². The largest absolute Gasteiger partial charge is 0.287 e. The highest BCUT2D eigenvalue weighted by Gasteiger charge is 2.58. The molecule has 8 heteroatoms. The second-order valence-corrected chi connectivity index (χ2v) is 9.96. The Labute approximate surface area is 219 Å². The van der Waals surface area contributed by atoms with Gasteiger partial charge in [0.15, 0.2) is 0 Å². The van der Waals surface area contributed by atoms with E-state index in [1.54, 1.807) is 60.7 Å². The number of anilines is 2. The van der Waals surface area contributed by atoms with Crippen LogP contribution in [0.1, 0.15) is 10.4 Å². The number of hydrogen-bond donors (Lipinski definition) is 0. The fourth-order valence-corrected chi connectivity index (χ4v) is 5.12. The molecule has 0 spiro atoms. The van der Waals surface area contributed by atoms with E-state index in [9.17, 15) is 14.4 Å². The number of Topliss-reactive ketones (excluding diaryl/α,β-unsaturated/α-hetero) is 1. The van der Waals surface area contributed by atoms with Gasteiger partial charge in [0.2, 0.25) is 11.7 Å². The smallest absolute Gasteiger partial charge is 0.259 e. The van der Waals surface area contributed by atoms with E-state index in [2.05, 4.69) is 21.0 Å². The summed E-state index contributed by atoms with van der Waals surface area (Å²) in [7, 11) is 0. The van der Waals surface area contributed by atoms with Crippen LogP contribution in [0.3, 0.4) is 0 Å². The van der Waals surface area contributed by atoms with Gasteiger partial charge >= 0.3 is 0 Å². The molecular weight excluding hydrogens is 542 g/mol. The summed E-state index contributed by atoms with van der Waals surface area (Å²) in [5.41, 5.74) is 1.46. The zero-order valence-corrected chi connectivity index (χ0v) is 21.0. The topological polar surface area (TPSA) is 70.1 Å². The second-order valence-electron chi connectivity index (χ2n) is 8.61. The van der Waals surface area contributed by atoms with Gasteiger partial charge in [-0.15, -0.1) is 0 Å². The minimum Gasteiger partial charge on any atom is -0.287 e. The van der Waals surface area contributed by atoms with Crippen LogP contribution in [-0.4, -0.2) is 29.4 Å². The number of amides is 2. The molecule has 176 valence electrons. The lowest BCUT2D eigenvalue weighted by Gasteiger charge is -2.22. The number of nitrogens with zero attached hydrogens (tertiary/aromatic N) is 3. The monoisotopic (exact) mass is 557 g/mol. The molecule has 0 aromatic heterocycles. The normalized spacial score (nSPS) is 19.1. The molecule has 0 N–H and O–H groups in total. The van der Waals surface area contributed by atoms with E-state index >= 15 is 0 Å². The molecule has 6 nitrogen and oxygen atoms in total. The molecule has 4 aromatic carbocycles. The number of fused-ring (bicyclic) bond motifs is 2. The Morgan fingerprint density at radius 2 is 1.47 bits per heavy atom. The highest BCUT2D eigenvalue weighted by molar-refractivity contribution is 9.10. The molecular formula is C28H17BrClN3O3. The van der Waals surface area contributed by atoms with Crippen LogP contribution in [0.2, 0.25) is 5.02 Å². The van der Waals surface area contributed by atoms with Crippen LogP contribution in [0, 0.1) is 5.92 Å². The van der Waals surface area contributed by atoms with Crippen LogP contribution in [0.15, 0.2) is 101 Å². The first-order chi connectivity index (χ1) is 17.4. The van der Waals surface area contributed by atoms with Crippen molar-refractivity contribution in [1.29, 1.82) is 0 Å². The fourth-order valence-electron chi connectivity index (χ4n) is 4.73. The zero-order chi connectivity index (χ0) is 25.0. The van der Waals surface area contributed by atoms with Crippen molar-refractivity contribution >= 4 is 73.0 Å². The summed E-state index contributed by atoms with van der Waals surface area (Å²) >= 11 is 9.44. The van der Waals surface area contributed by atoms with E-state index in [1.807, 2.05) is 30.3 Å². The average Bonchev–Trinajstić information content (AvgIpc) is 3.41. The van der Waals surface area contributed by atoms with Gasteiger partial charge in [0.05, 0.1) is 11.4 Å². The third kappa shape index (κ3) is 3.63. The third-order valence-corrected chi connectivity index (χ3v) is 7.25. The van der Waals surface area contributed by atoms with Crippen LogP contribution in [0.25, 0.3) is 10.8 Å². The van der Waals surface area contributed by atoms with Gasteiger partial charge in [-0.1, -0.05) is 63.9 Å². The average molecular weight is 559 g/mol. The van der Waals surface area contributed by atoms with Gasteiger partial charge in [-0.25, -0.2) is 4.90 Å². The lowest BCUT2D eigenvalue weighted by Crippen LogP contribution is -2.39. The molecule has 1 fully saturated rings. The maximum Gasteiger partial charge on any atom is 0.259 e. The standard InChI is InChI=1S/C28H17BrClN3O3/c29-19-7-11-21(12-8-19)32-27(35)23-24(26(34)18-6-5-16-3-1-2-4-17(16)15-18)31-33(25(23)28(32)36)22-13-9-20(30)10-14-22/h1-15,23,25H/t23-,25+/m1/s1. The minimum atomic E-state index is -1.03. The van der Waals surface area contributed by atoms with Crippen molar-refractivity contribution in [3.05, 3.63) is 106 Å². The SMILES string of the molecule is O=C(C1=NN(c2ccc(Cl)cc2)[C@@H]2C(=O)N(c3ccc(Br)cc3)C(=O)[C@H]12)c1ccc2ccccc2c1. The van der Waals surface area contributed by atoms with Crippen LogP contribution in [-0.2, 0) is 9.59 Å². The molecule has 2 aliphatic heterocycles. The third-order valence-electron chi connectivity index (χ3n) is 6.47. The highest BCUT2D eigenvalue weighted by atomic mass is 79.9. The summed E-state index contributed by atoms with van der Waals surface area (Å²) in [5.74, 6) is -2.33. The maximum absolute atomic E-state index is 13.7. The molecule has 2 amide bonds. The highest BCUT2D eigenvalue weighted by Crippen LogP contribution is 2.39. The molecule has 0 bridgehead atoms. The Morgan fingerprint density at radius 3 is 2.19 bits per heavy atom. The fraction of sp³-hybridized carbons (Fsp3) is 0.0714. The summed E-state index contributed by atoms with van der Waals surface area (Å²) in [4.78, 5) is 42.2. The molecule has 4 aromatic rings. The molecule has 2 aliphatic rings.